The lowest BCUT2D eigenvalue weighted by atomic mass is 10.0. The molecule has 1 aliphatic heterocycles. The predicted molar refractivity (Wildman–Crippen MR) is 176 cm³/mol. The van der Waals surface area contributed by atoms with E-state index in [2.05, 4.69) is 67.7 Å². The summed E-state index contributed by atoms with van der Waals surface area (Å²) < 4.78 is 6.05. The van der Waals surface area contributed by atoms with Gasteiger partial charge in [-0.25, -0.2) is 19.2 Å². The summed E-state index contributed by atoms with van der Waals surface area (Å²) in [6.45, 7) is 10.4. The first-order valence-electron chi connectivity index (χ1n) is 14.1. The maximum atomic E-state index is 9.55. The molecule has 0 unspecified atom stereocenters. The van der Waals surface area contributed by atoms with Crippen molar-refractivity contribution in [2.45, 2.75) is 18.9 Å². The molecule has 1 saturated heterocycles. The van der Waals surface area contributed by atoms with Crippen LogP contribution in [0.15, 0.2) is 84.4 Å². The van der Waals surface area contributed by atoms with Crippen molar-refractivity contribution < 1.29 is 44.0 Å². The van der Waals surface area contributed by atoms with Crippen LogP contribution < -0.4 is 20.4 Å². The second-order valence-corrected chi connectivity index (χ2v) is 9.59. The van der Waals surface area contributed by atoms with Gasteiger partial charge in [-0.15, -0.1) is 13.2 Å². The molecule has 4 rings (SSSR count). The molecule has 16 nitrogen and oxygen atoms in total. The van der Waals surface area contributed by atoms with Gasteiger partial charge >= 0.3 is 23.9 Å². The van der Waals surface area contributed by atoms with E-state index in [1.807, 2.05) is 18.2 Å². The van der Waals surface area contributed by atoms with Crippen molar-refractivity contribution in [1.29, 1.82) is 0 Å². The van der Waals surface area contributed by atoms with Gasteiger partial charge in [0.1, 0.15) is 5.58 Å². The highest BCUT2D eigenvalue weighted by Crippen LogP contribution is 2.29. The van der Waals surface area contributed by atoms with Gasteiger partial charge in [-0.05, 0) is 18.9 Å². The summed E-state index contributed by atoms with van der Waals surface area (Å²) in [7, 11) is 2.11. The van der Waals surface area contributed by atoms with Crippen LogP contribution in [0.25, 0.3) is 11.0 Å². The minimum atomic E-state index is -1.26. The fourth-order valence-corrected chi connectivity index (χ4v) is 4.05. The average molecular weight is 652 g/mol. The summed E-state index contributed by atoms with van der Waals surface area (Å²) in [5.74, 6) is -2.36. The first-order valence-corrected chi connectivity index (χ1v) is 14.1. The van der Waals surface area contributed by atoms with Crippen LogP contribution >= 0.6 is 0 Å². The molecular weight excluding hydrogens is 614 g/mol. The van der Waals surface area contributed by atoms with Gasteiger partial charge in [-0.1, -0.05) is 30.4 Å². The molecule has 0 spiro atoms. The summed E-state index contributed by atoms with van der Waals surface area (Å²) >= 11 is 0. The molecule has 3 aromatic rings. The first-order chi connectivity index (χ1) is 22.4. The van der Waals surface area contributed by atoms with E-state index in [-0.39, 0.29) is 0 Å². The fraction of sp³-hybridized carbons (Fsp3) is 0.258. The van der Waals surface area contributed by atoms with Gasteiger partial charge in [-0.2, -0.15) is 15.0 Å². The van der Waals surface area contributed by atoms with Crippen molar-refractivity contribution >= 4 is 58.6 Å². The molecule has 1 aromatic carbocycles. The molecule has 0 aliphatic carbocycles. The average Bonchev–Trinajstić information content (AvgIpc) is 3.49. The topological polar surface area (TPSA) is 232 Å². The second kappa shape index (κ2) is 19.3. The maximum Gasteiger partial charge on any atom is 0.328 e. The lowest BCUT2D eigenvalue weighted by Gasteiger charge is -2.36. The highest BCUT2D eigenvalue weighted by Gasteiger charge is 2.26. The molecule has 1 fully saturated rings. The number of nitrogens with zero attached hydrogens (tertiary/aromatic N) is 5. The zero-order chi connectivity index (χ0) is 34.8. The van der Waals surface area contributed by atoms with Crippen molar-refractivity contribution in [3.63, 3.8) is 0 Å². The Bertz CT molecular complexity index is 1470. The van der Waals surface area contributed by atoms with Gasteiger partial charge in [0.15, 0.2) is 5.88 Å². The van der Waals surface area contributed by atoms with E-state index in [0.29, 0.717) is 61.3 Å². The van der Waals surface area contributed by atoms with Crippen LogP contribution in [0.1, 0.15) is 12.8 Å². The lowest BCUT2D eigenvalue weighted by Crippen LogP contribution is -2.44. The molecule has 2 aromatic heterocycles. The van der Waals surface area contributed by atoms with E-state index in [0.717, 1.165) is 42.8 Å². The molecule has 0 amide bonds. The number of aliphatic carboxylic acids is 4. The van der Waals surface area contributed by atoms with Crippen molar-refractivity contribution in [3.8, 4) is 0 Å². The van der Waals surface area contributed by atoms with Crippen LogP contribution in [0, 0.1) is 0 Å². The summed E-state index contributed by atoms with van der Waals surface area (Å²) in [5, 5.41) is 38.7. The van der Waals surface area contributed by atoms with Crippen molar-refractivity contribution in [3.05, 3.63) is 79.9 Å². The Balaban J connectivity index is 0.000000397. The zero-order valence-corrected chi connectivity index (χ0v) is 25.7. The van der Waals surface area contributed by atoms with E-state index in [1.54, 1.807) is 12.2 Å². The van der Waals surface area contributed by atoms with Crippen molar-refractivity contribution in [1.82, 2.24) is 15.0 Å². The molecule has 1 aliphatic rings. The summed E-state index contributed by atoms with van der Waals surface area (Å²) in [6, 6.07) is 10.6. The summed E-state index contributed by atoms with van der Waals surface area (Å²) in [6.07, 6.45) is 7.77. The third-order valence-corrected chi connectivity index (χ3v) is 6.22. The number of rotatable bonds is 13. The van der Waals surface area contributed by atoms with Crippen molar-refractivity contribution in [2.75, 3.05) is 53.7 Å². The Morgan fingerprint density at radius 1 is 0.851 bits per heavy atom. The molecule has 250 valence electrons. The number of furan rings is 1. The van der Waals surface area contributed by atoms with E-state index in [4.69, 9.17) is 24.8 Å². The van der Waals surface area contributed by atoms with Crippen LogP contribution in [0.3, 0.4) is 0 Å². The molecule has 0 radical (unpaired) electrons. The van der Waals surface area contributed by atoms with Crippen LogP contribution in [-0.4, -0.2) is 98.5 Å². The fourth-order valence-electron chi connectivity index (χ4n) is 4.05. The minimum Gasteiger partial charge on any atom is -0.478 e. The van der Waals surface area contributed by atoms with Gasteiger partial charge < -0.3 is 45.3 Å². The third-order valence-electron chi connectivity index (χ3n) is 6.22. The number of aromatic nitrogens is 3. The van der Waals surface area contributed by atoms with Gasteiger partial charge in [0.2, 0.25) is 17.8 Å². The molecule has 47 heavy (non-hydrogen) atoms. The van der Waals surface area contributed by atoms with Gasteiger partial charge in [0.05, 0.1) is 0 Å². The van der Waals surface area contributed by atoms with E-state index in [9.17, 15) is 19.2 Å². The number of hydrogen-bond acceptors (Lipinski definition) is 12. The number of carboxylic acid groups (broad SMARTS) is 4. The molecule has 0 atom stereocenters. The van der Waals surface area contributed by atoms with Gasteiger partial charge in [-0.3, -0.25) is 0 Å². The van der Waals surface area contributed by atoms with E-state index < -0.39 is 23.9 Å². The lowest BCUT2D eigenvalue weighted by molar-refractivity contribution is -0.134. The van der Waals surface area contributed by atoms with Gasteiger partial charge in [0, 0.05) is 75.0 Å². The molecule has 0 saturated carbocycles. The summed E-state index contributed by atoms with van der Waals surface area (Å²) in [4.78, 5) is 56.3. The Morgan fingerprint density at radius 3 is 1.74 bits per heavy atom. The van der Waals surface area contributed by atoms with E-state index in [1.165, 1.54) is 0 Å². The largest absolute Gasteiger partial charge is 0.478 e. The SMILES string of the molecule is C=CCNc1nc(NCC=C)nc(N2CCC(N(C)c3cc4ccccc4o3)CC2)n1.O=C(O)/C=C/C(=O)O.O=C(O)/C=C/C(=O)O. The smallest absolute Gasteiger partial charge is 0.328 e. The predicted octanol–water partition coefficient (Wildman–Crippen LogP) is 3.34. The maximum absolute atomic E-state index is 9.55. The number of benzene rings is 1. The van der Waals surface area contributed by atoms with Crippen LogP contribution in [0.5, 0.6) is 0 Å². The molecular formula is C31H37N7O9. The standard InChI is InChI=1S/C23H29N7O.2C4H4O4/c1-4-12-24-21-26-22(25-13-5-2)28-23(27-21)30-14-10-18(11-15-30)29(3)20-16-17-8-6-7-9-19(17)31-20;2*5-3(6)1-2-4(7)8/h4-9,16,18H,1-2,10-15H2,3H3,(H2,24,25,26,27,28);2*1-2H,(H,5,6)(H,7,8)/b;2*2-1+. The number of carboxylic acids is 4. The Kier molecular flexibility index (Phi) is 15.2. The zero-order valence-electron chi connectivity index (χ0n) is 25.7. The monoisotopic (exact) mass is 651 g/mol. The van der Waals surface area contributed by atoms with Crippen LogP contribution in [0.4, 0.5) is 23.7 Å². The minimum absolute atomic E-state index is 0.398. The number of hydrogen-bond donors (Lipinski definition) is 6. The van der Waals surface area contributed by atoms with Crippen LogP contribution in [0.2, 0.25) is 0 Å². The number of piperidine rings is 1. The normalized spacial score (nSPS) is 12.7. The number of anilines is 4. The molecule has 6 N–H and O–H groups in total. The molecule has 0 bridgehead atoms. The first kappa shape index (κ1) is 37.0. The van der Waals surface area contributed by atoms with E-state index >= 15 is 0 Å². The third kappa shape index (κ3) is 13.5. The number of nitrogens with one attached hydrogen (secondary N) is 2. The van der Waals surface area contributed by atoms with Crippen LogP contribution in [-0.2, 0) is 19.2 Å². The Hall–Kier alpha value is -6.19. The molecule has 3 heterocycles. The number of fused-ring (bicyclic) bond motifs is 1. The Labute approximate surface area is 270 Å². The summed E-state index contributed by atoms with van der Waals surface area (Å²) in [5.41, 5.74) is 0.922. The quantitative estimate of drug-likeness (QED) is 0.115. The number of para-hydroxylation sites is 1. The highest BCUT2D eigenvalue weighted by atomic mass is 16.4. The molecule has 16 heteroatoms. The second-order valence-electron chi connectivity index (χ2n) is 9.59. The highest BCUT2D eigenvalue weighted by molar-refractivity contribution is 5.90. The number of carbonyl (C=O) groups is 4. The van der Waals surface area contributed by atoms with Gasteiger partial charge in [0.25, 0.3) is 0 Å². The Morgan fingerprint density at radius 2 is 1.32 bits per heavy atom. The van der Waals surface area contributed by atoms with Crippen molar-refractivity contribution in [2.24, 2.45) is 0 Å².